The Balaban J connectivity index is 1.70. The Hall–Kier alpha value is -2.16. The molecule has 1 N–H and O–H groups in total. The number of hydrogen-bond acceptors (Lipinski definition) is 2. The first-order chi connectivity index (χ1) is 9.31. The summed E-state index contributed by atoms with van der Waals surface area (Å²) in [6.07, 6.45) is 7.00. The van der Waals surface area contributed by atoms with Gasteiger partial charge in [-0.15, -0.1) is 0 Å². The van der Waals surface area contributed by atoms with E-state index in [1.807, 2.05) is 36.4 Å². The molecular weight excluding hydrogens is 236 g/mol. The summed E-state index contributed by atoms with van der Waals surface area (Å²) in [5, 5.41) is 3.96. The molecule has 3 nitrogen and oxygen atoms in total. The number of benzene rings is 1. The van der Waals surface area contributed by atoms with Gasteiger partial charge in [-0.1, -0.05) is 30.4 Å². The number of aromatic nitrogens is 1. The lowest BCUT2D eigenvalue weighted by molar-refractivity contribution is -0.116. The maximum Gasteiger partial charge on any atom is 0.226 e. The third kappa shape index (κ3) is 2.81. The molecule has 0 saturated carbocycles. The van der Waals surface area contributed by atoms with E-state index in [1.54, 1.807) is 0 Å². The molecule has 19 heavy (non-hydrogen) atoms. The Morgan fingerprint density at radius 2 is 2.16 bits per heavy atom. The smallest absolute Gasteiger partial charge is 0.226 e. The highest BCUT2D eigenvalue weighted by molar-refractivity contribution is 5.91. The molecule has 1 aromatic heterocycles. The van der Waals surface area contributed by atoms with Gasteiger partial charge in [-0.25, -0.2) is 4.98 Å². The largest absolute Gasteiger partial charge is 0.311 e. The topological polar surface area (TPSA) is 42.0 Å². The van der Waals surface area contributed by atoms with Crippen molar-refractivity contribution in [3.05, 3.63) is 48.6 Å². The first kappa shape index (κ1) is 11.9. The second-order valence-electron chi connectivity index (χ2n) is 4.91. The van der Waals surface area contributed by atoms with E-state index in [9.17, 15) is 4.79 Å². The average Bonchev–Trinajstić information content (AvgIpc) is 2.91. The Labute approximate surface area is 112 Å². The molecule has 96 valence electrons. The van der Waals surface area contributed by atoms with E-state index in [0.29, 0.717) is 18.2 Å². The van der Waals surface area contributed by atoms with Crippen LogP contribution in [0.4, 0.5) is 5.82 Å². The van der Waals surface area contributed by atoms with Gasteiger partial charge >= 0.3 is 0 Å². The van der Waals surface area contributed by atoms with Crippen LogP contribution >= 0.6 is 0 Å². The second-order valence-corrected chi connectivity index (χ2v) is 4.91. The third-order valence-corrected chi connectivity index (χ3v) is 3.43. The predicted octanol–water partition coefficient (Wildman–Crippen LogP) is 3.53. The minimum atomic E-state index is 0.0410. The number of fused-ring (bicyclic) bond motifs is 1. The lowest BCUT2D eigenvalue weighted by Crippen LogP contribution is -2.15. The fraction of sp³-hybridized carbons (Fsp3) is 0.250. The summed E-state index contributed by atoms with van der Waals surface area (Å²) in [4.78, 5) is 16.4. The number of amides is 1. The van der Waals surface area contributed by atoms with Gasteiger partial charge in [0, 0.05) is 11.8 Å². The molecule has 0 radical (unpaired) electrons. The van der Waals surface area contributed by atoms with Crippen LogP contribution in [0.5, 0.6) is 0 Å². The van der Waals surface area contributed by atoms with Crippen molar-refractivity contribution in [1.82, 2.24) is 4.98 Å². The Bertz CT molecular complexity index is 633. The molecule has 3 rings (SSSR count). The highest BCUT2D eigenvalue weighted by atomic mass is 16.1. The Kier molecular flexibility index (Phi) is 3.27. The highest BCUT2D eigenvalue weighted by Crippen LogP contribution is 2.21. The van der Waals surface area contributed by atoms with Crippen LogP contribution in [0.15, 0.2) is 48.6 Å². The maximum atomic E-state index is 11.9. The van der Waals surface area contributed by atoms with Gasteiger partial charge in [-0.3, -0.25) is 4.79 Å². The molecule has 1 aliphatic rings. The number of carbonyl (C=O) groups is 1. The zero-order chi connectivity index (χ0) is 13.1. The van der Waals surface area contributed by atoms with Crippen LogP contribution in [-0.2, 0) is 4.79 Å². The monoisotopic (exact) mass is 252 g/mol. The van der Waals surface area contributed by atoms with Crippen molar-refractivity contribution in [3.8, 4) is 0 Å². The molecule has 1 aromatic carbocycles. The normalized spacial score (nSPS) is 17.8. The van der Waals surface area contributed by atoms with Gasteiger partial charge < -0.3 is 5.32 Å². The number of nitrogens with one attached hydrogen (secondary N) is 1. The molecule has 0 unspecified atom stereocenters. The summed E-state index contributed by atoms with van der Waals surface area (Å²) in [7, 11) is 0. The van der Waals surface area contributed by atoms with Gasteiger partial charge in [0.15, 0.2) is 0 Å². The Morgan fingerprint density at radius 1 is 1.26 bits per heavy atom. The van der Waals surface area contributed by atoms with Gasteiger partial charge in [0.25, 0.3) is 0 Å². The van der Waals surface area contributed by atoms with Gasteiger partial charge in [0.1, 0.15) is 5.82 Å². The van der Waals surface area contributed by atoms with Crippen LogP contribution in [-0.4, -0.2) is 10.9 Å². The number of anilines is 1. The summed E-state index contributed by atoms with van der Waals surface area (Å²) >= 11 is 0. The number of nitrogens with zero attached hydrogens (tertiary/aromatic N) is 1. The second kappa shape index (κ2) is 5.22. The van der Waals surface area contributed by atoms with Crippen LogP contribution in [0, 0.1) is 5.92 Å². The number of pyridine rings is 1. The van der Waals surface area contributed by atoms with Crippen LogP contribution in [0.25, 0.3) is 10.9 Å². The quantitative estimate of drug-likeness (QED) is 0.849. The molecule has 1 atom stereocenters. The van der Waals surface area contributed by atoms with E-state index in [1.165, 1.54) is 0 Å². The van der Waals surface area contributed by atoms with Gasteiger partial charge in [0.2, 0.25) is 5.91 Å². The molecule has 0 spiro atoms. The highest BCUT2D eigenvalue weighted by Gasteiger charge is 2.14. The van der Waals surface area contributed by atoms with Crippen LogP contribution in [0.2, 0.25) is 0 Å². The summed E-state index contributed by atoms with van der Waals surface area (Å²) in [5.41, 5.74) is 0.904. The van der Waals surface area contributed by atoms with Gasteiger partial charge in [-0.05, 0) is 37.0 Å². The molecule has 0 saturated heterocycles. The zero-order valence-corrected chi connectivity index (χ0v) is 10.7. The minimum Gasteiger partial charge on any atom is -0.311 e. The van der Waals surface area contributed by atoms with Crippen molar-refractivity contribution < 1.29 is 4.79 Å². The molecule has 2 aromatic rings. The molecule has 0 aliphatic heterocycles. The molecule has 1 amide bonds. The fourth-order valence-electron chi connectivity index (χ4n) is 2.43. The predicted molar refractivity (Wildman–Crippen MR) is 76.9 cm³/mol. The average molecular weight is 252 g/mol. The number of hydrogen-bond donors (Lipinski definition) is 1. The van der Waals surface area contributed by atoms with Crippen molar-refractivity contribution in [2.75, 3.05) is 5.32 Å². The number of carbonyl (C=O) groups excluding carboxylic acids is 1. The number of rotatable bonds is 3. The van der Waals surface area contributed by atoms with Crippen molar-refractivity contribution in [3.63, 3.8) is 0 Å². The standard InChI is InChI=1S/C16H16N2O/c19-16(11-12-5-1-2-6-12)18-15-10-9-13-7-3-4-8-14(13)17-15/h1,3-5,7-10,12H,2,6,11H2,(H,17,18,19)/t12-/m0/s1. The van der Waals surface area contributed by atoms with Gasteiger partial charge in [-0.2, -0.15) is 0 Å². The van der Waals surface area contributed by atoms with Gasteiger partial charge in [0.05, 0.1) is 5.52 Å². The van der Waals surface area contributed by atoms with E-state index in [2.05, 4.69) is 22.5 Å². The molecule has 1 aliphatic carbocycles. The first-order valence-electron chi connectivity index (χ1n) is 6.63. The molecule has 1 heterocycles. The zero-order valence-electron chi connectivity index (χ0n) is 10.7. The van der Waals surface area contributed by atoms with Crippen LogP contribution < -0.4 is 5.32 Å². The molecule has 3 heteroatoms. The number of allylic oxidation sites excluding steroid dienone is 2. The SMILES string of the molecule is O=C(C[C@H]1C=CCC1)Nc1ccc2ccccc2n1. The summed E-state index contributed by atoms with van der Waals surface area (Å²) in [6.45, 7) is 0. The Morgan fingerprint density at radius 3 is 3.00 bits per heavy atom. The first-order valence-corrected chi connectivity index (χ1v) is 6.63. The van der Waals surface area contributed by atoms with E-state index < -0.39 is 0 Å². The lowest BCUT2D eigenvalue weighted by Gasteiger charge is -2.08. The summed E-state index contributed by atoms with van der Waals surface area (Å²) in [6, 6.07) is 11.7. The fourth-order valence-corrected chi connectivity index (χ4v) is 2.43. The van der Waals surface area contributed by atoms with Crippen LogP contribution in [0.3, 0.4) is 0 Å². The van der Waals surface area contributed by atoms with E-state index in [4.69, 9.17) is 0 Å². The summed E-state index contributed by atoms with van der Waals surface area (Å²) in [5.74, 6) is 1.06. The van der Waals surface area contributed by atoms with Crippen molar-refractivity contribution in [2.24, 2.45) is 5.92 Å². The van der Waals surface area contributed by atoms with Crippen molar-refractivity contribution in [1.29, 1.82) is 0 Å². The molecular formula is C16H16N2O. The molecule has 0 bridgehead atoms. The van der Waals surface area contributed by atoms with Crippen molar-refractivity contribution in [2.45, 2.75) is 19.3 Å². The maximum absolute atomic E-state index is 11.9. The van der Waals surface area contributed by atoms with E-state index >= 15 is 0 Å². The minimum absolute atomic E-state index is 0.0410. The third-order valence-electron chi connectivity index (χ3n) is 3.43. The molecule has 0 fully saturated rings. The lowest BCUT2D eigenvalue weighted by atomic mass is 10.1. The number of para-hydroxylation sites is 1. The van der Waals surface area contributed by atoms with Crippen LogP contribution in [0.1, 0.15) is 19.3 Å². The van der Waals surface area contributed by atoms with Crippen molar-refractivity contribution >= 4 is 22.6 Å². The van der Waals surface area contributed by atoms with E-state index in [0.717, 1.165) is 23.7 Å². The summed E-state index contributed by atoms with van der Waals surface area (Å²) < 4.78 is 0. The van der Waals surface area contributed by atoms with E-state index in [-0.39, 0.29) is 5.91 Å².